The summed E-state index contributed by atoms with van der Waals surface area (Å²) in [6.45, 7) is 5.57. The van der Waals surface area contributed by atoms with Crippen molar-refractivity contribution < 1.29 is 13.2 Å². The van der Waals surface area contributed by atoms with E-state index in [1.165, 1.54) is 0 Å². The van der Waals surface area contributed by atoms with E-state index in [-0.39, 0.29) is 10.9 Å². The van der Waals surface area contributed by atoms with Crippen molar-refractivity contribution in [3.05, 3.63) is 35.4 Å². The zero-order valence-electron chi connectivity index (χ0n) is 12.0. The van der Waals surface area contributed by atoms with Gasteiger partial charge in [0.25, 0.3) is 10.0 Å². The first-order valence-electron chi connectivity index (χ1n) is 6.31. The number of hydrogen-bond donors (Lipinski definition) is 1. The second kappa shape index (κ2) is 5.28. The van der Waals surface area contributed by atoms with E-state index in [9.17, 15) is 8.42 Å². The van der Waals surface area contributed by atoms with E-state index in [0.717, 1.165) is 0 Å². The van der Waals surface area contributed by atoms with Crippen molar-refractivity contribution >= 4 is 20.8 Å². The molecule has 0 unspecified atom stereocenters. The van der Waals surface area contributed by atoms with Crippen LogP contribution in [0.5, 0.6) is 5.75 Å². The monoisotopic (exact) mass is 294 g/mol. The maximum atomic E-state index is 12.2. The lowest BCUT2D eigenvalue weighted by Crippen LogP contribution is -2.24. The highest BCUT2D eigenvalue weighted by Gasteiger charge is 2.32. The third-order valence-electron chi connectivity index (χ3n) is 2.94. The van der Waals surface area contributed by atoms with Crippen molar-refractivity contribution in [2.24, 2.45) is 4.99 Å². The van der Waals surface area contributed by atoms with Gasteiger partial charge in [-0.2, -0.15) is 0 Å². The lowest BCUT2D eigenvalue weighted by atomic mass is 10.1. The van der Waals surface area contributed by atoms with E-state index in [1.54, 1.807) is 38.3 Å². The summed E-state index contributed by atoms with van der Waals surface area (Å²) in [5.74, 6) is 1.11. The second-order valence-corrected chi connectivity index (χ2v) is 6.48. The zero-order chi connectivity index (χ0) is 14.9. The van der Waals surface area contributed by atoms with E-state index in [4.69, 9.17) is 4.74 Å². The third-order valence-corrected chi connectivity index (χ3v) is 4.48. The summed E-state index contributed by atoms with van der Waals surface area (Å²) in [4.78, 5) is 4.58. The van der Waals surface area contributed by atoms with Gasteiger partial charge < -0.3 is 4.74 Å². The van der Waals surface area contributed by atoms with Gasteiger partial charge in [0.2, 0.25) is 0 Å². The number of nitrogens with one attached hydrogen (secondary N) is 1. The van der Waals surface area contributed by atoms with E-state index < -0.39 is 10.0 Å². The standard InChI is InChI=1S/C14H18N2O3S/c1-9(2)15-14-10(3)13(20(17,18)16-14)11-5-7-12(19-4)8-6-11/h5-9H,1-4H3,(H,15,16). The molecule has 0 amide bonds. The van der Waals surface area contributed by atoms with Gasteiger partial charge in [-0.15, -0.1) is 0 Å². The summed E-state index contributed by atoms with van der Waals surface area (Å²) in [6, 6.07) is 6.97. The summed E-state index contributed by atoms with van der Waals surface area (Å²) >= 11 is 0. The van der Waals surface area contributed by atoms with Crippen molar-refractivity contribution in [2.45, 2.75) is 26.8 Å². The molecule has 1 aliphatic rings. The molecule has 0 aliphatic carbocycles. The molecule has 1 aromatic carbocycles. The molecule has 0 fully saturated rings. The highest BCUT2D eigenvalue weighted by Crippen LogP contribution is 2.30. The summed E-state index contributed by atoms with van der Waals surface area (Å²) < 4.78 is 32.1. The predicted octanol–water partition coefficient (Wildman–Crippen LogP) is 2.17. The molecule has 1 aliphatic heterocycles. The number of rotatable bonds is 3. The van der Waals surface area contributed by atoms with Crippen LogP contribution in [-0.2, 0) is 10.0 Å². The average Bonchev–Trinajstić information content (AvgIpc) is 2.59. The first-order valence-corrected chi connectivity index (χ1v) is 7.79. The van der Waals surface area contributed by atoms with Gasteiger partial charge >= 0.3 is 0 Å². The number of benzene rings is 1. The molecule has 0 aromatic heterocycles. The van der Waals surface area contributed by atoms with E-state index in [0.29, 0.717) is 22.7 Å². The molecule has 0 spiro atoms. The van der Waals surface area contributed by atoms with Crippen LogP contribution in [-0.4, -0.2) is 27.4 Å². The van der Waals surface area contributed by atoms with Gasteiger partial charge in [0, 0.05) is 11.6 Å². The Labute approximate surface area is 119 Å². The highest BCUT2D eigenvalue weighted by molar-refractivity contribution is 8.00. The first-order chi connectivity index (χ1) is 9.35. The number of ether oxygens (including phenoxy) is 1. The Balaban J connectivity index is 2.54. The molecular weight excluding hydrogens is 276 g/mol. The summed E-state index contributed by atoms with van der Waals surface area (Å²) in [5, 5.41) is 0. The highest BCUT2D eigenvalue weighted by atomic mass is 32.2. The van der Waals surface area contributed by atoms with E-state index in [2.05, 4.69) is 9.71 Å². The van der Waals surface area contributed by atoms with Gasteiger partial charge in [0.1, 0.15) is 16.5 Å². The van der Waals surface area contributed by atoms with Crippen molar-refractivity contribution in [2.75, 3.05) is 7.11 Å². The SMILES string of the molecule is COc1ccc(C2=C(C)C(=NC(C)C)NS2(=O)=O)cc1. The normalized spacial score (nSPS) is 19.6. The molecule has 0 radical (unpaired) electrons. The Morgan fingerprint density at radius 2 is 1.80 bits per heavy atom. The molecule has 0 bridgehead atoms. The van der Waals surface area contributed by atoms with Crippen molar-refractivity contribution in [3.63, 3.8) is 0 Å². The molecule has 20 heavy (non-hydrogen) atoms. The maximum Gasteiger partial charge on any atom is 0.264 e. The van der Waals surface area contributed by atoms with Crippen molar-refractivity contribution in [1.29, 1.82) is 0 Å². The molecule has 2 rings (SSSR count). The summed E-state index contributed by atoms with van der Waals surface area (Å²) in [7, 11) is -1.98. The van der Waals surface area contributed by atoms with E-state index >= 15 is 0 Å². The van der Waals surface area contributed by atoms with Crippen LogP contribution >= 0.6 is 0 Å². The van der Waals surface area contributed by atoms with Crippen molar-refractivity contribution in [3.8, 4) is 5.75 Å². The molecule has 1 aromatic rings. The molecular formula is C14H18N2O3S. The van der Waals surface area contributed by atoms with Crippen molar-refractivity contribution in [1.82, 2.24) is 4.72 Å². The molecule has 5 nitrogen and oxygen atoms in total. The van der Waals surface area contributed by atoms with Gasteiger partial charge in [-0.25, -0.2) is 8.42 Å². The second-order valence-electron chi connectivity index (χ2n) is 4.86. The van der Waals surface area contributed by atoms with Crippen LogP contribution in [0.1, 0.15) is 26.3 Å². The molecule has 0 saturated carbocycles. The molecule has 108 valence electrons. The number of hydrogen-bond acceptors (Lipinski definition) is 4. The Hall–Kier alpha value is -1.82. The average molecular weight is 294 g/mol. The minimum absolute atomic E-state index is 0.0258. The molecule has 6 heteroatoms. The first kappa shape index (κ1) is 14.6. The predicted molar refractivity (Wildman–Crippen MR) is 80.2 cm³/mol. The summed E-state index contributed by atoms with van der Waals surface area (Å²) in [5.41, 5.74) is 1.27. The minimum atomic E-state index is -3.55. The van der Waals surface area contributed by atoms with Crippen LogP contribution in [0.25, 0.3) is 4.91 Å². The molecule has 1 heterocycles. The fourth-order valence-corrected chi connectivity index (χ4v) is 3.57. The number of nitrogens with zero attached hydrogens (tertiary/aromatic N) is 1. The molecule has 0 saturated heterocycles. The zero-order valence-corrected chi connectivity index (χ0v) is 12.8. The van der Waals surface area contributed by atoms with Gasteiger partial charge in [-0.3, -0.25) is 9.71 Å². The van der Waals surface area contributed by atoms with Crippen LogP contribution in [0.3, 0.4) is 0 Å². The fraction of sp³-hybridized carbons (Fsp3) is 0.357. The van der Waals surface area contributed by atoms with Gasteiger partial charge in [0.05, 0.1) is 7.11 Å². The topological polar surface area (TPSA) is 67.8 Å². The number of aliphatic imine (C=N–C) groups is 1. The smallest absolute Gasteiger partial charge is 0.264 e. The van der Waals surface area contributed by atoms with E-state index in [1.807, 2.05) is 13.8 Å². The number of methoxy groups -OCH3 is 1. The number of sulfonamides is 1. The Morgan fingerprint density at radius 3 is 2.30 bits per heavy atom. The quantitative estimate of drug-likeness (QED) is 0.929. The van der Waals surface area contributed by atoms with Crippen LogP contribution < -0.4 is 9.46 Å². The van der Waals surface area contributed by atoms with Crippen LogP contribution in [0.4, 0.5) is 0 Å². The number of amidine groups is 1. The Morgan fingerprint density at radius 1 is 1.20 bits per heavy atom. The molecule has 0 atom stereocenters. The summed E-state index contributed by atoms with van der Waals surface area (Å²) in [6.07, 6.45) is 0. The van der Waals surface area contributed by atoms with Crippen LogP contribution in [0.2, 0.25) is 0 Å². The fourth-order valence-electron chi connectivity index (χ4n) is 2.06. The maximum absolute atomic E-state index is 12.2. The third kappa shape index (κ3) is 2.70. The Bertz CT molecular complexity index is 671. The van der Waals surface area contributed by atoms with Crippen LogP contribution in [0, 0.1) is 0 Å². The lowest BCUT2D eigenvalue weighted by Gasteiger charge is -2.04. The largest absolute Gasteiger partial charge is 0.497 e. The molecule has 1 N–H and O–H groups in total. The minimum Gasteiger partial charge on any atom is -0.497 e. The van der Waals surface area contributed by atoms with Gasteiger partial charge in [-0.1, -0.05) is 0 Å². The Kier molecular flexibility index (Phi) is 3.85. The lowest BCUT2D eigenvalue weighted by molar-refractivity contribution is 0.415. The van der Waals surface area contributed by atoms with Crippen LogP contribution in [0.15, 0.2) is 34.8 Å². The van der Waals surface area contributed by atoms with Gasteiger partial charge in [0.15, 0.2) is 0 Å². The van der Waals surface area contributed by atoms with Gasteiger partial charge in [-0.05, 0) is 50.6 Å².